The number of nitrogens with zero attached hydrogens (tertiary/aromatic N) is 2. The molecule has 1 heterocycles. The second-order valence-corrected chi connectivity index (χ2v) is 3.65. The van der Waals surface area contributed by atoms with Gasteiger partial charge in [0.05, 0.1) is 31.7 Å². The van der Waals surface area contributed by atoms with Crippen LogP contribution < -0.4 is 0 Å². The Hall–Kier alpha value is -1.36. The van der Waals surface area contributed by atoms with Gasteiger partial charge < -0.3 is 9.47 Å². The van der Waals surface area contributed by atoms with E-state index in [9.17, 15) is 4.79 Å². The number of methoxy groups -OCH3 is 1. The number of carbonyl (C=O) groups excluding carboxylic acids is 1. The van der Waals surface area contributed by atoms with Crippen LogP contribution in [0, 0.1) is 0 Å². The molecule has 0 amide bonds. The Balaban J connectivity index is 2.77. The molecule has 1 rings (SSSR count). The zero-order chi connectivity index (χ0) is 12.1. The van der Waals surface area contributed by atoms with Crippen molar-refractivity contribution >= 4 is 5.97 Å². The van der Waals surface area contributed by atoms with E-state index in [0.29, 0.717) is 12.2 Å². The lowest BCUT2D eigenvalue weighted by Crippen LogP contribution is -2.12. The van der Waals surface area contributed by atoms with Crippen molar-refractivity contribution in [1.29, 1.82) is 0 Å². The van der Waals surface area contributed by atoms with E-state index >= 15 is 0 Å². The minimum Gasteiger partial charge on any atom is -0.465 e. The van der Waals surface area contributed by atoms with Gasteiger partial charge >= 0.3 is 5.97 Å². The summed E-state index contributed by atoms with van der Waals surface area (Å²) in [6.45, 7) is 4.42. The van der Waals surface area contributed by atoms with E-state index < -0.39 is 0 Å². The van der Waals surface area contributed by atoms with Gasteiger partial charge in [0, 0.05) is 7.05 Å². The second kappa shape index (κ2) is 5.65. The standard InChI is InChI=1S/C11H18N2O3/c1-5-8(2)16-7-10-9(11(14)15-4)6-12-13(10)3/h6,8H,5,7H2,1-4H3/t8-/m1/s1. The predicted molar refractivity (Wildman–Crippen MR) is 59.1 cm³/mol. The van der Waals surface area contributed by atoms with Crippen molar-refractivity contribution in [3.63, 3.8) is 0 Å². The molecule has 5 nitrogen and oxygen atoms in total. The van der Waals surface area contributed by atoms with Crippen molar-refractivity contribution < 1.29 is 14.3 Å². The average molecular weight is 226 g/mol. The Morgan fingerprint density at radius 1 is 1.62 bits per heavy atom. The van der Waals surface area contributed by atoms with Gasteiger partial charge in [-0.05, 0) is 13.3 Å². The summed E-state index contributed by atoms with van der Waals surface area (Å²) in [7, 11) is 3.14. The van der Waals surface area contributed by atoms with Gasteiger partial charge in [-0.3, -0.25) is 4.68 Å². The molecule has 0 radical (unpaired) electrons. The van der Waals surface area contributed by atoms with Crippen LogP contribution in [0.25, 0.3) is 0 Å². The summed E-state index contributed by atoms with van der Waals surface area (Å²) < 4.78 is 11.9. The Morgan fingerprint density at radius 2 is 2.31 bits per heavy atom. The smallest absolute Gasteiger partial charge is 0.341 e. The first-order chi connectivity index (χ1) is 7.60. The maximum absolute atomic E-state index is 11.4. The molecule has 90 valence electrons. The fourth-order valence-corrected chi connectivity index (χ4v) is 1.25. The maximum atomic E-state index is 11.4. The molecular weight excluding hydrogens is 208 g/mol. The molecule has 0 bridgehead atoms. The van der Waals surface area contributed by atoms with Crippen LogP contribution in [0.15, 0.2) is 6.20 Å². The zero-order valence-corrected chi connectivity index (χ0v) is 10.2. The molecular formula is C11H18N2O3. The number of aromatic nitrogens is 2. The topological polar surface area (TPSA) is 53.4 Å². The minimum atomic E-state index is -0.379. The van der Waals surface area contributed by atoms with Gasteiger partial charge in [0.25, 0.3) is 0 Å². The van der Waals surface area contributed by atoms with E-state index in [1.165, 1.54) is 13.3 Å². The van der Waals surface area contributed by atoms with Crippen LogP contribution in [0.5, 0.6) is 0 Å². The van der Waals surface area contributed by atoms with Crippen molar-refractivity contribution in [2.75, 3.05) is 7.11 Å². The van der Waals surface area contributed by atoms with Gasteiger partial charge in [0.1, 0.15) is 5.56 Å². The van der Waals surface area contributed by atoms with E-state index in [1.54, 1.807) is 11.7 Å². The Kier molecular flexibility index (Phi) is 4.49. The number of esters is 1. The Bertz CT molecular complexity index is 360. The van der Waals surface area contributed by atoms with Gasteiger partial charge in [0.2, 0.25) is 0 Å². The van der Waals surface area contributed by atoms with Crippen molar-refractivity contribution in [2.24, 2.45) is 7.05 Å². The molecule has 0 N–H and O–H groups in total. The molecule has 1 atom stereocenters. The summed E-state index contributed by atoms with van der Waals surface area (Å²) in [6, 6.07) is 0. The summed E-state index contributed by atoms with van der Waals surface area (Å²) in [5, 5.41) is 4.03. The lowest BCUT2D eigenvalue weighted by atomic mass is 10.2. The van der Waals surface area contributed by atoms with Crippen molar-refractivity contribution in [3.8, 4) is 0 Å². The normalized spacial score (nSPS) is 12.5. The van der Waals surface area contributed by atoms with Crippen LogP contribution >= 0.6 is 0 Å². The summed E-state index contributed by atoms with van der Waals surface area (Å²) in [5.41, 5.74) is 1.21. The van der Waals surface area contributed by atoms with Crippen LogP contribution in [-0.2, 0) is 23.1 Å². The molecule has 16 heavy (non-hydrogen) atoms. The molecule has 0 aliphatic carbocycles. The van der Waals surface area contributed by atoms with Gasteiger partial charge in [-0.2, -0.15) is 5.10 Å². The fourth-order valence-electron chi connectivity index (χ4n) is 1.25. The molecule has 0 saturated carbocycles. The summed E-state index contributed by atoms with van der Waals surface area (Å²) >= 11 is 0. The monoisotopic (exact) mass is 226 g/mol. The molecule has 0 fully saturated rings. The molecule has 0 aliphatic rings. The van der Waals surface area contributed by atoms with E-state index in [4.69, 9.17) is 4.74 Å². The van der Waals surface area contributed by atoms with Crippen LogP contribution in [0.3, 0.4) is 0 Å². The Labute approximate surface area is 95.3 Å². The SMILES string of the molecule is CC[C@@H](C)OCc1c(C(=O)OC)cnn1C. The maximum Gasteiger partial charge on any atom is 0.341 e. The quantitative estimate of drug-likeness (QED) is 0.714. The molecule has 0 spiro atoms. The zero-order valence-electron chi connectivity index (χ0n) is 10.2. The van der Waals surface area contributed by atoms with Crippen LogP contribution in [0.1, 0.15) is 36.3 Å². The molecule has 0 aromatic carbocycles. The molecule has 1 aromatic heterocycles. The number of ether oxygens (including phenoxy) is 2. The van der Waals surface area contributed by atoms with E-state index in [1.807, 2.05) is 6.92 Å². The first-order valence-corrected chi connectivity index (χ1v) is 5.30. The van der Waals surface area contributed by atoms with Gasteiger partial charge in [-0.1, -0.05) is 6.92 Å². The largest absolute Gasteiger partial charge is 0.465 e. The first kappa shape index (κ1) is 12.7. The summed E-state index contributed by atoms with van der Waals surface area (Å²) in [5.74, 6) is -0.379. The average Bonchev–Trinajstić information content (AvgIpc) is 2.66. The lowest BCUT2D eigenvalue weighted by Gasteiger charge is -2.11. The third-order valence-corrected chi connectivity index (χ3v) is 2.55. The van der Waals surface area contributed by atoms with Crippen molar-refractivity contribution in [3.05, 3.63) is 17.5 Å². The number of aryl methyl sites for hydroxylation is 1. The van der Waals surface area contributed by atoms with Crippen LogP contribution in [0.2, 0.25) is 0 Å². The van der Waals surface area contributed by atoms with Crippen molar-refractivity contribution in [1.82, 2.24) is 9.78 Å². The van der Waals surface area contributed by atoms with Crippen LogP contribution in [0.4, 0.5) is 0 Å². The predicted octanol–water partition coefficient (Wildman–Crippen LogP) is 1.52. The number of carbonyl (C=O) groups is 1. The first-order valence-electron chi connectivity index (χ1n) is 5.30. The highest BCUT2D eigenvalue weighted by Crippen LogP contribution is 2.12. The van der Waals surface area contributed by atoms with Crippen LogP contribution in [-0.4, -0.2) is 29.0 Å². The summed E-state index contributed by atoms with van der Waals surface area (Å²) in [6.07, 6.45) is 2.60. The highest BCUT2D eigenvalue weighted by molar-refractivity contribution is 5.90. The summed E-state index contributed by atoms with van der Waals surface area (Å²) in [4.78, 5) is 11.4. The lowest BCUT2D eigenvalue weighted by molar-refractivity contribution is 0.0442. The van der Waals surface area contributed by atoms with E-state index in [-0.39, 0.29) is 12.1 Å². The molecule has 5 heteroatoms. The minimum absolute atomic E-state index is 0.167. The highest BCUT2D eigenvalue weighted by Gasteiger charge is 2.17. The van der Waals surface area contributed by atoms with Crippen molar-refractivity contribution in [2.45, 2.75) is 33.0 Å². The van der Waals surface area contributed by atoms with Gasteiger partial charge in [0.15, 0.2) is 0 Å². The number of hydrogen-bond acceptors (Lipinski definition) is 4. The highest BCUT2D eigenvalue weighted by atomic mass is 16.5. The third kappa shape index (κ3) is 2.82. The van der Waals surface area contributed by atoms with E-state index in [0.717, 1.165) is 12.1 Å². The molecule has 1 aromatic rings. The molecule has 0 aliphatic heterocycles. The third-order valence-electron chi connectivity index (χ3n) is 2.55. The fraction of sp³-hybridized carbons (Fsp3) is 0.636. The van der Waals surface area contributed by atoms with E-state index in [2.05, 4.69) is 16.8 Å². The molecule has 0 unspecified atom stereocenters. The number of rotatable bonds is 5. The molecule has 0 saturated heterocycles. The number of hydrogen-bond donors (Lipinski definition) is 0. The van der Waals surface area contributed by atoms with Gasteiger partial charge in [-0.15, -0.1) is 0 Å². The second-order valence-electron chi connectivity index (χ2n) is 3.65. The van der Waals surface area contributed by atoms with Gasteiger partial charge in [-0.25, -0.2) is 4.79 Å². The Morgan fingerprint density at radius 3 is 2.88 bits per heavy atom.